The van der Waals surface area contributed by atoms with E-state index in [1.54, 1.807) is 4.90 Å². The smallest absolute Gasteiger partial charge is 0.224 e. The fraction of sp³-hybridized carbons (Fsp3) is 0.440. The van der Waals surface area contributed by atoms with E-state index in [1.165, 1.54) is 0 Å². The summed E-state index contributed by atoms with van der Waals surface area (Å²) < 4.78 is 2.05. The summed E-state index contributed by atoms with van der Waals surface area (Å²) in [5, 5.41) is 7.39. The number of hydrogen-bond donors (Lipinski definition) is 3. The number of benzene rings is 1. The predicted octanol–water partition coefficient (Wildman–Crippen LogP) is 2.94. The molecular formula is C25H33N7O2. The molecule has 3 heterocycles. The quantitative estimate of drug-likeness (QED) is 0.449. The highest BCUT2D eigenvalue weighted by Gasteiger charge is 2.26. The van der Waals surface area contributed by atoms with Gasteiger partial charge in [0.15, 0.2) is 0 Å². The van der Waals surface area contributed by atoms with Crippen LogP contribution < -0.4 is 16.4 Å². The Labute approximate surface area is 199 Å². The fourth-order valence-electron chi connectivity index (χ4n) is 4.36. The molecule has 9 nitrogen and oxygen atoms in total. The Balaban J connectivity index is 1.45. The number of piperidine rings is 1. The number of nitrogens with zero attached hydrogens (tertiary/aromatic N) is 4. The Morgan fingerprint density at radius 3 is 2.85 bits per heavy atom. The van der Waals surface area contributed by atoms with E-state index >= 15 is 0 Å². The van der Waals surface area contributed by atoms with Crippen LogP contribution in [0.4, 0.5) is 11.8 Å². The first-order valence-corrected chi connectivity index (χ1v) is 12.0. The number of hydrogen-bond acceptors (Lipinski definition) is 6. The maximum Gasteiger partial charge on any atom is 0.224 e. The zero-order valence-corrected chi connectivity index (χ0v) is 19.9. The minimum absolute atomic E-state index is 0.0767. The van der Waals surface area contributed by atoms with Crippen LogP contribution in [0.3, 0.4) is 0 Å². The van der Waals surface area contributed by atoms with E-state index in [9.17, 15) is 9.59 Å². The average molecular weight is 464 g/mol. The molecule has 4 N–H and O–H groups in total. The lowest BCUT2D eigenvalue weighted by atomic mass is 9.97. The topological polar surface area (TPSA) is 118 Å². The molecule has 0 saturated carbocycles. The van der Waals surface area contributed by atoms with Crippen LogP contribution in [0.15, 0.2) is 36.7 Å². The summed E-state index contributed by atoms with van der Waals surface area (Å²) in [6.45, 7) is 4.11. The molecule has 0 bridgehead atoms. The summed E-state index contributed by atoms with van der Waals surface area (Å²) in [5.41, 5.74) is 8.37. The first-order valence-electron chi connectivity index (χ1n) is 12.0. The Kier molecular flexibility index (Phi) is 7.30. The third-order valence-corrected chi connectivity index (χ3v) is 6.30. The monoisotopic (exact) mass is 463 g/mol. The van der Waals surface area contributed by atoms with Crippen LogP contribution in [0, 0.1) is 5.92 Å². The van der Waals surface area contributed by atoms with Gasteiger partial charge in [0.05, 0.1) is 11.4 Å². The molecule has 2 aromatic heterocycles. The number of anilines is 2. The van der Waals surface area contributed by atoms with Gasteiger partial charge in [0.25, 0.3) is 0 Å². The second kappa shape index (κ2) is 10.5. The van der Waals surface area contributed by atoms with Crippen LogP contribution in [0.5, 0.6) is 0 Å². The number of nitrogens with one attached hydrogen (secondary N) is 2. The molecule has 1 aliphatic rings. The van der Waals surface area contributed by atoms with Crippen molar-refractivity contribution in [3.8, 4) is 5.69 Å². The number of fused-ring (bicyclic) bond motifs is 1. The van der Waals surface area contributed by atoms with E-state index in [-0.39, 0.29) is 17.7 Å². The summed E-state index contributed by atoms with van der Waals surface area (Å²) in [4.78, 5) is 35.1. The van der Waals surface area contributed by atoms with E-state index in [1.807, 2.05) is 42.2 Å². The van der Waals surface area contributed by atoms with E-state index < -0.39 is 0 Å². The molecule has 1 aromatic carbocycles. The molecule has 2 amide bonds. The number of aromatic nitrogens is 3. The second-order valence-electron chi connectivity index (χ2n) is 8.78. The van der Waals surface area contributed by atoms with Crippen molar-refractivity contribution >= 4 is 34.5 Å². The minimum atomic E-state index is -0.315. The van der Waals surface area contributed by atoms with Gasteiger partial charge in [-0.05, 0) is 55.5 Å². The van der Waals surface area contributed by atoms with Crippen molar-refractivity contribution in [2.75, 3.05) is 37.3 Å². The molecule has 1 unspecified atom stereocenters. The number of likely N-dealkylation sites (tertiary alicyclic amines) is 1. The molecule has 0 aliphatic carbocycles. The van der Waals surface area contributed by atoms with Gasteiger partial charge in [-0.2, -0.15) is 4.98 Å². The molecule has 180 valence electrons. The fourth-order valence-corrected chi connectivity index (χ4v) is 4.36. The molecule has 4 rings (SSSR count). The summed E-state index contributed by atoms with van der Waals surface area (Å²) in [7, 11) is 1.81. The van der Waals surface area contributed by atoms with Crippen LogP contribution in [0.1, 0.15) is 38.2 Å². The SMILES string of the molecule is CCCNc1nc(NC)nc2cc(-n3ccc(CCC(=O)N4CCCC(C(N)=O)C4)c3)ccc12. The van der Waals surface area contributed by atoms with Gasteiger partial charge < -0.3 is 25.8 Å². The molecule has 9 heteroatoms. The van der Waals surface area contributed by atoms with Crippen molar-refractivity contribution in [3.05, 3.63) is 42.2 Å². The number of carbonyl (C=O) groups excluding carboxylic acids is 2. The third kappa shape index (κ3) is 5.30. The van der Waals surface area contributed by atoms with Crippen LogP contribution in [-0.2, 0) is 16.0 Å². The maximum atomic E-state index is 12.7. The minimum Gasteiger partial charge on any atom is -0.369 e. The highest BCUT2D eigenvalue weighted by Crippen LogP contribution is 2.25. The normalized spacial score (nSPS) is 15.9. The van der Waals surface area contributed by atoms with Gasteiger partial charge in [-0.3, -0.25) is 9.59 Å². The highest BCUT2D eigenvalue weighted by atomic mass is 16.2. The van der Waals surface area contributed by atoms with E-state index in [0.29, 0.717) is 31.9 Å². The van der Waals surface area contributed by atoms with Crippen molar-refractivity contribution in [2.24, 2.45) is 11.7 Å². The number of aryl methyl sites for hydroxylation is 1. The van der Waals surface area contributed by atoms with Gasteiger partial charge in [-0.25, -0.2) is 4.98 Å². The first kappa shape index (κ1) is 23.5. The van der Waals surface area contributed by atoms with E-state index in [0.717, 1.165) is 53.8 Å². The van der Waals surface area contributed by atoms with Crippen LogP contribution >= 0.6 is 0 Å². The van der Waals surface area contributed by atoms with Crippen molar-refractivity contribution in [2.45, 2.75) is 39.0 Å². The molecule has 34 heavy (non-hydrogen) atoms. The van der Waals surface area contributed by atoms with Gasteiger partial charge in [0.1, 0.15) is 5.82 Å². The van der Waals surface area contributed by atoms with Gasteiger partial charge in [0, 0.05) is 56.6 Å². The first-order chi connectivity index (χ1) is 16.5. The zero-order valence-electron chi connectivity index (χ0n) is 19.9. The Morgan fingerprint density at radius 1 is 1.24 bits per heavy atom. The average Bonchev–Trinajstić information content (AvgIpc) is 3.34. The number of carbonyl (C=O) groups is 2. The van der Waals surface area contributed by atoms with E-state index in [4.69, 9.17) is 5.73 Å². The van der Waals surface area contributed by atoms with Crippen molar-refractivity contribution in [1.82, 2.24) is 19.4 Å². The summed E-state index contributed by atoms with van der Waals surface area (Å²) in [6.07, 6.45) is 7.72. The number of rotatable bonds is 9. The van der Waals surface area contributed by atoms with E-state index in [2.05, 4.69) is 33.6 Å². The molecule has 1 saturated heterocycles. The predicted molar refractivity (Wildman–Crippen MR) is 134 cm³/mol. The number of nitrogens with two attached hydrogens (primary N) is 1. The lowest BCUT2D eigenvalue weighted by Gasteiger charge is -2.31. The lowest BCUT2D eigenvalue weighted by molar-refractivity contribution is -0.134. The van der Waals surface area contributed by atoms with Gasteiger partial charge >= 0.3 is 0 Å². The molecule has 1 fully saturated rings. The molecule has 0 spiro atoms. The molecule has 3 aromatic rings. The van der Waals surface area contributed by atoms with Crippen LogP contribution in [0.25, 0.3) is 16.6 Å². The Morgan fingerprint density at radius 2 is 2.09 bits per heavy atom. The third-order valence-electron chi connectivity index (χ3n) is 6.30. The van der Waals surface area contributed by atoms with Crippen LogP contribution in [-0.4, -0.2) is 57.9 Å². The Hall–Kier alpha value is -3.62. The molecular weight excluding hydrogens is 430 g/mol. The summed E-state index contributed by atoms with van der Waals surface area (Å²) in [5.74, 6) is 0.937. The zero-order chi connectivity index (χ0) is 24.1. The second-order valence-corrected chi connectivity index (χ2v) is 8.78. The highest BCUT2D eigenvalue weighted by molar-refractivity contribution is 5.91. The van der Waals surface area contributed by atoms with Crippen molar-refractivity contribution < 1.29 is 9.59 Å². The largest absolute Gasteiger partial charge is 0.369 e. The molecule has 1 atom stereocenters. The van der Waals surface area contributed by atoms with Gasteiger partial charge in [-0.15, -0.1) is 0 Å². The molecule has 1 aliphatic heterocycles. The standard InChI is InChI=1S/C25H33N7O2/c1-3-11-28-24-20-8-7-19(14-21(20)29-25(27-2)30-24)31-13-10-17(15-31)6-9-22(33)32-12-4-5-18(16-32)23(26)34/h7-8,10,13-15,18H,3-6,9,11-12,16H2,1-2H3,(H2,26,34)(H2,27,28,29,30). The Bertz CT molecular complexity index is 1170. The number of amides is 2. The maximum absolute atomic E-state index is 12.7. The van der Waals surface area contributed by atoms with Gasteiger partial charge in [0.2, 0.25) is 17.8 Å². The lowest BCUT2D eigenvalue weighted by Crippen LogP contribution is -2.44. The summed E-state index contributed by atoms with van der Waals surface area (Å²) in [6, 6.07) is 8.17. The number of primary amides is 1. The van der Waals surface area contributed by atoms with Crippen molar-refractivity contribution in [1.29, 1.82) is 0 Å². The van der Waals surface area contributed by atoms with Gasteiger partial charge in [-0.1, -0.05) is 6.92 Å². The molecule has 0 radical (unpaired) electrons. The van der Waals surface area contributed by atoms with Crippen LogP contribution in [0.2, 0.25) is 0 Å². The van der Waals surface area contributed by atoms with Crippen molar-refractivity contribution in [3.63, 3.8) is 0 Å². The summed E-state index contributed by atoms with van der Waals surface area (Å²) >= 11 is 0.